The van der Waals surface area contributed by atoms with E-state index in [0.29, 0.717) is 5.91 Å². The smallest absolute Gasteiger partial charge is 0.321 e. The van der Waals surface area contributed by atoms with Crippen molar-refractivity contribution in [2.75, 3.05) is 39.8 Å². The molecule has 2 saturated heterocycles. The molecule has 23 heavy (non-hydrogen) atoms. The number of carbonyl (C=O) groups is 3. The molecule has 2 heterocycles. The third kappa shape index (κ3) is 5.49. The lowest BCUT2D eigenvalue weighted by Gasteiger charge is -2.33. The Morgan fingerprint density at radius 1 is 0.957 bits per heavy atom. The minimum Gasteiger partial charge on any atom is -0.342 e. The lowest BCUT2D eigenvalue weighted by Crippen LogP contribution is -2.47. The first-order valence-corrected chi connectivity index (χ1v) is 8.63. The van der Waals surface area contributed by atoms with Gasteiger partial charge in [-0.3, -0.25) is 19.8 Å². The van der Waals surface area contributed by atoms with Crippen LogP contribution in [0.5, 0.6) is 0 Å². The third-order valence-electron chi connectivity index (χ3n) is 4.70. The van der Waals surface area contributed by atoms with Crippen LogP contribution in [0.15, 0.2) is 0 Å². The lowest BCUT2D eigenvalue weighted by molar-refractivity contribution is -0.137. The molecule has 0 aromatic heterocycles. The van der Waals surface area contributed by atoms with Crippen LogP contribution in [0.1, 0.15) is 38.5 Å². The molecule has 2 aliphatic heterocycles. The van der Waals surface area contributed by atoms with Gasteiger partial charge < -0.3 is 10.2 Å². The summed E-state index contributed by atoms with van der Waals surface area (Å²) in [6.45, 7) is 3.45. The van der Waals surface area contributed by atoms with Crippen molar-refractivity contribution in [3.8, 4) is 0 Å². The summed E-state index contributed by atoms with van der Waals surface area (Å²) in [5, 5.41) is 4.62. The highest BCUT2D eigenvalue weighted by molar-refractivity contribution is 5.95. The molecule has 2 rings (SSSR count). The van der Waals surface area contributed by atoms with Crippen LogP contribution in [0, 0.1) is 5.92 Å². The molecule has 0 unspecified atom stereocenters. The van der Waals surface area contributed by atoms with Crippen LogP contribution in [-0.2, 0) is 9.59 Å². The molecule has 2 N–H and O–H groups in total. The zero-order valence-corrected chi connectivity index (χ0v) is 14.0. The number of hydrogen-bond donors (Lipinski definition) is 2. The molecule has 130 valence electrons. The van der Waals surface area contributed by atoms with Crippen molar-refractivity contribution >= 4 is 17.8 Å². The number of urea groups is 1. The number of nitrogens with one attached hydrogen (secondary N) is 2. The second-order valence-electron chi connectivity index (χ2n) is 6.42. The predicted molar refractivity (Wildman–Crippen MR) is 86.8 cm³/mol. The van der Waals surface area contributed by atoms with Crippen molar-refractivity contribution in [3.63, 3.8) is 0 Å². The number of nitrogens with zero attached hydrogens (tertiary/aromatic N) is 2. The molecule has 4 amide bonds. The van der Waals surface area contributed by atoms with Gasteiger partial charge in [-0.15, -0.1) is 0 Å². The molecule has 0 saturated carbocycles. The van der Waals surface area contributed by atoms with Crippen LogP contribution in [-0.4, -0.2) is 67.4 Å². The van der Waals surface area contributed by atoms with Crippen LogP contribution in [0.4, 0.5) is 4.79 Å². The number of rotatable bonds is 3. The SMILES string of the molecule is CNC(=O)NC(=O)CN1CCC(C(=O)N2CCCCCC2)CC1. The molecule has 0 aromatic rings. The number of piperidine rings is 1. The summed E-state index contributed by atoms with van der Waals surface area (Å²) in [5.41, 5.74) is 0. The topological polar surface area (TPSA) is 81.8 Å². The molecule has 7 nitrogen and oxygen atoms in total. The van der Waals surface area contributed by atoms with E-state index in [1.54, 1.807) is 0 Å². The maximum Gasteiger partial charge on any atom is 0.321 e. The molecule has 2 fully saturated rings. The van der Waals surface area contributed by atoms with Gasteiger partial charge in [0.1, 0.15) is 0 Å². The Kier molecular flexibility index (Phi) is 6.83. The molecule has 0 radical (unpaired) electrons. The lowest BCUT2D eigenvalue weighted by atomic mass is 9.95. The number of carbonyl (C=O) groups excluding carboxylic acids is 3. The molecule has 0 aromatic carbocycles. The minimum atomic E-state index is -0.485. The Bertz CT molecular complexity index is 425. The fourth-order valence-electron chi connectivity index (χ4n) is 3.32. The zero-order chi connectivity index (χ0) is 16.7. The quantitative estimate of drug-likeness (QED) is 0.795. The summed E-state index contributed by atoms with van der Waals surface area (Å²) in [7, 11) is 1.47. The van der Waals surface area contributed by atoms with E-state index < -0.39 is 6.03 Å². The number of hydrogen-bond acceptors (Lipinski definition) is 4. The van der Waals surface area contributed by atoms with Gasteiger partial charge >= 0.3 is 6.03 Å². The first kappa shape index (κ1) is 17.7. The molecule has 0 aliphatic carbocycles. The molecule has 7 heteroatoms. The molecular weight excluding hydrogens is 296 g/mol. The molecule has 0 bridgehead atoms. The second kappa shape index (κ2) is 8.86. The molecule has 2 aliphatic rings. The summed E-state index contributed by atoms with van der Waals surface area (Å²) in [6, 6.07) is -0.485. The summed E-state index contributed by atoms with van der Waals surface area (Å²) in [5.74, 6) is 0.0781. The highest BCUT2D eigenvalue weighted by Gasteiger charge is 2.29. The first-order chi connectivity index (χ1) is 11.1. The van der Waals surface area contributed by atoms with Crippen molar-refractivity contribution in [2.45, 2.75) is 38.5 Å². The van der Waals surface area contributed by atoms with E-state index in [4.69, 9.17) is 0 Å². The molecule has 0 spiro atoms. The summed E-state index contributed by atoms with van der Waals surface area (Å²) in [6.07, 6.45) is 6.27. The van der Waals surface area contributed by atoms with Crippen LogP contribution >= 0.6 is 0 Å². The minimum absolute atomic E-state index is 0.0892. The van der Waals surface area contributed by atoms with Crippen molar-refractivity contribution < 1.29 is 14.4 Å². The number of likely N-dealkylation sites (tertiary alicyclic amines) is 2. The summed E-state index contributed by atoms with van der Waals surface area (Å²) < 4.78 is 0. The highest BCUT2D eigenvalue weighted by Crippen LogP contribution is 2.21. The maximum absolute atomic E-state index is 12.6. The predicted octanol–water partition coefficient (Wildman–Crippen LogP) is 0.557. The standard InChI is InChI=1S/C16H28N4O3/c1-17-16(23)18-14(21)12-19-10-6-13(7-11-19)15(22)20-8-4-2-3-5-9-20/h13H,2-12H2,1H3,(H2,17,18,21,23). The first-order valence-electron chi connectivity index (χ1n) is 8.63. The van der Waals surface area contributed by atoms with Crippen molar-refractivity contribution in [1.82, 2.24) is 20.4 Å². The van der Waals surface area contributed by atoms with Gasteiger partial charge in [0.25, 0.3) is 0 Å². The van der Waals surface area contributed by atoms with Gasteiger partial charge in [-0.05, 0) is 38.8 Å². The number of imide groups is 1. The van der Waals surface area contributed by atoms with Crippen molar-refractivity contribution in [1.29, 1.82) is 0 Å². The van der Waals surface area contributed by atoms with Gasteiger partial charge in [-0.25, -0.2) is 4.79 Å². The van der Waals surface area contributed by atoms with Gasteiger partial charge in [-0.2, -0.15) is 0 Å². The van der Waals surface area contributed by atoms with E-state index in [1.807, 2.05) is 9.80 Å². The van der Waals surface area contributed by atoms with Crippen LogP contribution < -0.4 is 10.6 Å². The Morgan fingerprint density at radius 3 is 2.13 bits per heavy atom. The summed E-state index contributed by atoms with van der Waals surface area (Å²) in [4.78, 5) is 39.4. The Hall–Kier alpha value is -1.63. The van der Waals surface area contributed by atoms with Gasteiger partial charge in [0.15, 0.2) is 0 Å². The van der Waals surface area contributed by atoms with Crippen LogP contribution in [0.2, 0.25) is 0 Å². The molecular formula is C16H28N4O3. The maximum atomic E-state index is 12.6. The Morgan fingerprint density at radius 2 is 1.57 bits per heavy atom. The third-order valence-corrected chi connectivity index (χ3v) is 4.70. The number of amides is 4. The van der Waals surface area contributed by atoms with Gasteiger partial charge in [0, 0.05) is 26.1 Å². The normalized spacial score (nSPS) is 20.7. The van der Waals surface area contributed by atoms with E-state index in [0.717, 1.165) is 51.9 Å². The van der Waals surface area contributed by atoms with E-state index >= 15 is 0 Å². The van der Waals surface area contributed by atoms with Gasteiger partial charge in [0.2, 0.25) is 11.8 Å². The van der Waals surface area contributed by atoms with E-state index in [-0.39, 0.29) is 18.4 Å². The van der Waals surface area contributed by atoms with Crippen molar-refractivity contribution in [3.05, 3.63) is 0 Å². The Balaban J connectivity index is 1.73. The van der Waals surface area contributed by atoms with Gasteiger partial charge in [-0.1, -0.05) is 12.8 Å². The summed E-state index contributed by atoms with van der Waals surface area (Å²) >= 11 is 0. The van der Waals surface area contributed by atoms with Crippen LogP contribution in [0.3, 0.4) is 0 Å². The fraction of sp³-hybridized carbons (Fsp3) is 0.812. The second-order valence-corrected chi connectivity index (χ2v) is 6.42. The Labute approximate surface area is 137 Å². The highest BCUT2D eigenvalue weighted by atomic mass is 16.2. The molecule has 0 atom stereocenters. The van der Waals surface area contributed by atoms with E-state index in [9.17, 15) is 14.4 Å². The monoisotopic (exact) mass is 324 g/mol. The zero-order valence-electron chi connectivity index (χ0n) is 14.0. The largest absolute Gasteiger partial charge is 0.342 e. The van der Waals surface area contributed by atoms with Gasteiger partial charge in [0.05, 0.1) is 6.54 Å². The fourth-order valence-corrected chi connectivity index (χ4v) is 3.32. The average Bonchev–Trinajstić information content (AvgIpc) is 2.84. The van der Waals surface area contributed by atoms with E-state index in [1.165, 1.54) is 19.9 Å². The average molecular weight is 324 g/mol. The van der Waals surface area contributed by atoms with E-state index in [2.05, 4.69) is 10.6 Å². The van der Waals surface area contributed by atoms with Crippen LogP contribution in [0.25, 0.3) is 0 Å². The van der Waals surface area contributed by atoms with Crippen molar-refractivity contribution in [2.24, 2.45) is 5.92 Å².